The predicted octanol–water partition coefficient (Wildman–Crippen LogP) is 3.82. The molecule has 1 aromatic carbocycles. The summed E-state index contributed by atoms with van der Waals surface area (Å²) in [5.74, 6) is 0.692. The third-order valence-corrected chi connectivity index (χ3v) is 7.70. The molecule has 3 heterocycles. The van der Waals surface area contributed by atoms with E-state index in [1.54, 1.807) is 7.11 Å². The van der Waals surface area contributed by atoms with E-state index in [-0.39, 0.29) is 29.7 Å². The van der Waals surface area contributed by atoms with E-state index in [2.05, 4.69) is 6.92 Å². The van der Waals surface area contributed by atoms with Crippen LogP contribution in [0.25, 0.3) is 0 Å². The van der Waals surface area contributed by atoms with Crippen LogP contribution in [0.4, 0.5) is 0 Å². The molecule has 1 aromatic heterocycles. The number of piperazine rings is 1. The SMILES string of the molecule is CCCCN1C(=O)CCC(C(=O)N2CCN(C(=O)c3cccs3)CC2)C1c1ccc(OC)cc1. The van der Waals surface area contributed by atoms with E-state index in [0.717, 1.165) is 29.0 Å². The molecule has 182 valence electrons. The Morgan fingerprint density at radius 3 is 2.38 bits per heavy atom. The topological polar surface area (TPSA) is 70.2 Å². The van der Waals surface area contributed by atoms with Crippen LogP contribution in [0, 0.1) is 5.92 Å². The van der Waals surface area contributed by atoms with Gasteiger partial charge in [0.05, 0.1) is 23.9 Å². The van der Waals surface area contributed by atoms with Crippen molar-refractivity contribution in [1.82, 2.24) is 14.7 Å². The van der Waals surface area contributed by atoms with Gasteiger partial charge in [-0.1, -0.05) is 31.5 Å². The van der Waals surface area contributed by atoms with E-state index >= 15 is 0 Å². The maximum Gasteiger partial charge on any atom is 0.264 e. The molecule has 0 spiro atoms. The van der Waals surface area contributed by atoms with E-state index in [1.165, 1.54) is 11.3 Å². The molecule has 0 saturated carbocycles. The van der Waals surface area contributed by atoms with Gasteiger partial charge < -0.3 is 19.4 Å². The minimum absolute atomic E-state index is 0.0345. The molecule has 2 fully saturated rings. The van der Waals surface area contributed by atoms with Crippen LogP contribution in [0.2, 0.25) is 0 Å². The number of unbranched alkanes of at least 4 members (excludes halogenated alkanes) is 1. The summed E-state index contributed by atoms with van der Waals surface area (Å²) in [7, 11) is 1.63. The minimum atomic E-state index is -0.289. The maximum absolute atomic E-state index is 13.8. The first-order valence-electron chi connectivity index (χ1n) is 12.1. The highest BCUT2D eigenvalue weighted by Crippen LogP contribution is 2.39. The number of methoxy groups -OCH3 is 1. The Balaban J connectivity index is 1.51. The summed E-state index contributed by atoms with van der Waals surface area (Å²) in [4.78, 5) is 45.7. The quantitative estimate of drug-likeness (QED) is 0.600. The number of amides is 3. The Hall–Kier alpha value is -2.87. The highest BCUT2D eigenvalue weighted by Gasteiger charge is 2.42. The summed E-state index contributed by atoms with van der Waals surface area (Å²) in [5, 5.41) is 1.90. The normalized spacial score (nSPS) is 21.0. The van der Waals surface area contributed by atoms with Crippen molar-refractivity contribution in [2.45, 2.75) is 38.6 Å². The fraction of sp³-hybridized carbons (Fsp3) is 0.500. The Labute approximate surface area is 205 Å². The molecular formula is C26H33N3O4S. The monoisotopic (exact) mass is 483 g/mol. The lowest BCUT2D eigenvalue weighted by Gasteiger charge is -2.44. The molecule has 2 unspecified atom stereocenters. The van der Waals surface area contributed by atoms with Gasteiger partial charge in [0.25, 0.3) is 5.91 Å². The second-order valence-corrected chi connectivity index (χ2v) is 9.85. The Kier molecular flexibility index (Phi) is 7.88. The van der Waals surface area contributed by atoms with Gasteiger partial charge in [0.2, 0.25) is 11.8 Å². The Morgan fingerprint density at radius 1 is 1.06 bits per heavy atom. The average molecular weight is 484 g/mol. The molecule has 0 aliphatic carbocycles. The number of benzene rings is 1. The summed E-state index contributed by atoms with van der Waals surface area (Å²) >= 11 is 1.44. The maximum atomic E-state index is 13.8. The zero-order valence-corrected chi connectivity index (χ0v) is 20.8. The third-order valence-electron chi connectivity index (χ3n) is 6.84. The van der Waals surface area contributed by atoms with Gasteiger partial charge in [0, 0.05) is 39.1 Å². The number of hydrogen-bond donors (Lipinski definition) is 0. The molecule has 4 rings (SSSR count). The summed E-state index contributed by atoms with van der Waals surface area (Å²) < 4.78 is 5.31. The lowest BCUT2D eigenvalue weighted by atomic mass is 9.83. The molecule has 0 radical (unpaired) electrons. The first-order chi connectivity index (χ1) is 16.5. The third kappa shape index (κ3) is 5.12. The van der Waals surface area contributed by atoms with Gasteiger partial charge in [-0.15, -0.1) is 11.3 Å². The van der Waals surface area contributed by atoms with Crippen molar-refractivity contribution < 1.29 is 19.1 Å². The van der Waals surface area contributed by atoms with Gasteiger partial charge in [-0.05, 0) is 42.0 Å². The molecule has 3 amide bonds. The second kappa shape index (κ2) is 11.0. The van der Waals surface area contributed by atoms with Crippen molar-refractivity contribution in [2.75, 3.05) is 39.8 Å². The van der Waals surface area contributed by atoms with Crippen LogP contribution in [0.3, 0.4) is 0 Å². The number of nitrogens with zero attached hydrogens (tertiary/aromatic N) is 3. The van der Waals surface area contributed by atoms with Crippen LogP contribution in [-0.2, 0) is 9.59 Å². The first kappa shape index (κ1) is 24.3. The standard InChI is InChI=1S/C26H33N3O4S/c1-3-4-13-29-23(30)12-11-21(24(29)19-7-9-20(33-2)10-8-19)25(31)27-14-16-28(17-15-27)26(32)22-6-5-18-34-22/h5-10,18,21,24H,3-4,11-17H2,1-2H3. The van der Waals surface area contributed by atoms with Crippen molar-refractivity contribution in [3.05, 3.63) is 52.2 Å². The number of likely N-dealkylation sites (tertiary alicyclic amines) is 1. The van der Waals surface area contributed by atoms with Crippen LogP contribution >= 0.6 is 11.3 Å². The lowest BCUT2D eigenvalue weighted by Crippen LogP contribution is -2.55. The molecule has 2 atom stereocenters. The molecule has 0 bridgehead atoms. The summed E-state index contributed by atoms with van der Waals surface area (Å²) in [6.07, 6.45) is 2.83. The molecule has 8 heteroatoms. The number of carbonyl (C=O) groups excluding carboxylic acids is 3. The predicted molar refractivity (Wildman–Crippen MR) is 132 cm³/mol. The van der Waals surface area contributed by atoms with E-state index in [1.807, 2.05) is 56.5 Å². The molecule has 2 aliphatic rings. The molecular weight excluding hydrogens is 450 g/mol. The molecule has 2 saturated heterocycles. The number of thiophene rings is 1. The zero-order chi connectivity index (χ0) is 24.1. The van der Waals surface area contributed by atoms with Gasteiger partial charge in [0.15, 0.2) is 0 Å². The summed E-state index contributed by atoms with van der Waals surface area (Å²) in [6.45, 7) is 4.85. The van der Waals surface area contributed by atoms with Crippen molar-refractivity contribution in [3.8, 4) is 5.75 Å². The lowest BCUT2D eigenvalue weighted by molar-refractivity contribution is -0.149. The number of ether oxygens (including phenoxy) is 1. The number of rotatable bonds is 7. The Bertz CT molecular complexity index is 984. The van der Waals surface area contributed by atoms with E-state index in [0.29, 0.717) is 45.6 Å². The van der Waals surface area contributed by atoms with Crippen LogP contribution in [0.5, 0.6) is 5.75 Å². The van der Waals surface area contributed by atoms with Gasteiger partial charge in [-0.25, -0.2) is 0 Å². The van der Waals surface area contributed by atoms with E-state index in [4.69, 9.17) is 4.74 Å². The number of piperidine rings is 1. The Morgan fingerprint density at radius 2 is 1.76 bits per heavy atom. The fourth-order valence-corrected chi connectivity index (χ4v) is 5.63. The summed E-state index contributed by atoms with van der Waals surface area (Å²) in [5.41, 5.74) is 0.967. The molecule has 7 nitrogen and oxygen atoms in total. The van der Waals surface area contributed by atoms with E-state index in [9.17, 15) is 14.4 Å². The fourth-order valence-electron chi connectivity index (χ4n) is 4.94. The second-order valence-electron chi connectivity index (χ2n) is 8.90. The average Bonchev–Trinajstić information content (AvgIpc) is 3.42. The number of hydrogen-bond acceptors (Lipinski definition) is 5. The molecule has 34 heavy (non-hydrogen) atoms. The van der Waals surface area contributed by atoms with Crippen LogP contribution in [-0.4, -0.2) is 72.3 Å². The smallest absolute Gasteiger partial charge is 0.264 e. The van der Waals surface area contributed by atoms with Gasteiger partial charge in [-0.2, -0.15) is 0 Å². The van der Waals surface area contributed by atoms with Crippen molar-refractivity contribution >= 4 is 29.1 Å². The highest BCUT2D eigenvalue weighted by atomic mass is 32.1. The zero-order valence-electron chi connectivity index (χ0n) is 19.9. The van der Waals surface area contributed by atoms with Gasteiger partial charge in [0.1, 0.15) is 5.75 Å². The summed E-state index contributed by atoms with van der Waals surface area (Å²) in [6, 6.07) is 11.2. The first-order valence-corrected chi connectivity index (χ1v) is 13.0. The van der Waals surface area contributed by atoms with Crippen LogP contribution in [0.15, 0.2) is 41.8 Å². The van der Waals surface area contributed by atoms with E-state index < -0.39 is 0 Å². The van der Waals surface area contributed by atoms with Crippen molar-refractivity contribution in [1.29, 1.82) is 0 Å². The number of carbonyl (C=O) groups is 3. The molecule has 2 aliphatic heterocycles. The van der Waals surface area contributed by atoms with Crippen molar-refractivity contribution in [3.63, 3.8) is 0 Å². The minimum Gasteiger partial charge on any atom is -0.497 e. The molecule has 0 N–H and O–H groups in total. The molecule has 2 aromatic rings. The van der Waals surface area contributed by atoms with Crippen LogP contribution in [0.1, 0.15) is 53.9 Å². The largest absolute Gasteiger partial charge is 0.497 e. The van der Waals surface area contributed by atoms with Crippen molar-refractivity contribution in [2.24, 2.45) is 5.92 Å². The van der Waals surface area contributed by atoms with Gasteiger partial charge >= 0.3 is 0 Å². The highest BCUT2D eigenvalue weighted by molar-refractivity contribution is 7.12. The van der Waals surface area contributed by atoms with Gasteiger partial charge in [-0.3, -0.25) is 14.4 Å². The van der Waals surface area contributed by atoms with Crippen LogP contribution < -0.4 is 4.74 Å².